The highest BCUT2D eigenvalue weighted by molar-refractivity contribution is 7.09. The van der Waals surface area contributed by atoms with Crippen LogP contribution in [-0.4, -0.2) is 41.9 Å². The second kappa shape index (κ2) is 7.65. The lowest BCUT2D eigenvalue weighted by molar-refractivity contribution is -0.133. The third-order valence-corrected chi connectivity index (χ3v) is 4.54. The quantitative estimate of drug-likeness (QED) is 0.748. The van der Waals surface area contributed by atoms with Crippen molar-refractivity contribution in [1.29, 1.82) is 0 Å². The summed E-state index contributed by atoms with van der Waals surface area (Å²) in [6, 6.07) is 4.29. The average molecular weight is 280 g/mol. The summed E-state index contributed by atoms with van der Waals surface area (Å²) >= 11 is 1.82. The minimum atomic E-state index is 0.351. The van der Waals surface area contributed by atoms with Gasteiger partial charge in [0.2, 0.25) is 5.91 Å². The highest BCUT2D eigenvalue weighted by atomic mass is 32.1. The molecular weight excluding hydrogens is 256 g/mol. The van der Waals surface area contributed by atoms with Crippen LogP contribution in [0.5, 0.6) is 0 Å². The highest BCUT2D eigenvalue weighted by Crippen LogP contribution is 2.14. The van der Waals surface area contributed by atoms with Gasteiger partial charge in [0.15, 0.2) is 0 Å². The summed E-state index contributed by atoms with van der Waals surface area (Å²) in [7, 11) is 0. The Morgan fingerprint density at radius 3 is 2.68 bits per heavy atom. The van der Waals surface area contributed by atoms with Crippen LogP contribution in [0.15, 0.2) is 17.5 Å². The van der Waals surface area contributed by atoms with Gasteiger partial charge in [-0.25, -0.2) is 0 Å². The number of carbonyl (C=O) groups is 1. The van der Waals surface area contributed by atoms with E-state index < -0.39 is 0 Å². The number of hydrogen-bond acceptors (Lipinski definition) is 3. The van der Waals surface area contributed by atoms with Crippen LogP contribution >= 0.6 is 11.3 Å². The normalized spacial score (nSPS) is 16.8. The smallest absolute Gasteiger partial charge is 0.222 e. The first-order valence-electron chi connectivity index (χ1n) is 7.32. The fourth-order valence-electron chi connectivity index (χ4n) is 2.46. The zero-order valence-corrected chi connectivity index (χ0v) is 12.6. The molecule has 0 spiro atoms. The van der Waals surface area contributed by atoms with Crippen molar-refractivity contribution in [3.05, 3.63) is 22.4 Å². The van der Waals surface area contributed by atoms with Crippen LogP contribution in [0.2, 0.25) is 0 Å². The third kappa shape index (κ3) is 4.62. The average Bonchev–Trinajstić information content (AvgIpc) is 2.93. The molecular formula is C15H24N2OS. The predicted octanol–water partition coefficient (Wildman–Crippen LogP) is 2.97. The van der Waals surface area contributed by atoms with Gasteiger partial charge in [0, 0.05) is 44.0 Å². The summed E-state index contributed by atoms with van der Waals surface area (Å²) in [6.45, 7) is 7.03. The Hall–Kier alpha value is -0.870. The molecule has 106 valence electrons. The van der Waals surface area contributed by atoms with E-state index >= 15 is 0 Å². The zero-order valence-electron chi connectivity index (χ0n) is 11.8. The molecule has 0 saturated carbocycles. The van der Waals surface area contributed by atoms with E-state index in [-0.39, 0.29) is 0 Å². The molecule has 1 saturated heterocycles. The molecule has 1 aromatic rings. The predicted molar refractivity (Wildman–Crippen MR) is 80.3 cm³/mol. The number of piperazine rings is 1. The molecule has 0 bridgehead atoms. The van der Waals surface area contributed by atoms with Gasteiger partial charge in [0.25, 0.3) is 0 Å². The van der Waals surface area contributed by atoms with Crippen molar-refractivity contribution in [3.63, 3.8) is 0 Å². The lowest BCUT2D eigenvalue weighted by atomic mass is 10.2. The van der Waals surface area contributed by atoms with Gasteiger partial charge in [0.05, 0.1) is 0 Å². The minimum Gasteiger partial charge on any atom is -0.340 e. The summed E-state index contributed by atoms with van der Waals surface area (Å²) in [6.07, 6.45) is 4.13. The van der Waals surface area contributed by atoms with Crippen molar-refractivity contribution in [2.75, 3.05) is 26.2 Å². The fourth-order valence-corrected chi connectivity index (χ4v) is 3.21. The van der Waals surface area contributed by atoms with Crippen molar-refractivity contribution in [2.45, 2.75) is 39.2 Å². The lowest BCUT2D eigenvalue weighted by Gasteiger charge is -2.34. The van der Waals surface area contributed by atoms with Crippen LogP contribution in [0.25, 0.3) is 0 Å². The van der Waals surface area contributed by atoms with Crippen LogP contribution < -0.4 is 0 Å². The molecule has 0 aromatic carbocycles. The standard InChI is InChI=1S/C15H24N2OS/c1-2-3-4-7-15(18)17-10-8-16(9-11-17)13-14-6-5-12-19-14/h5-6,12H,2-4,7-11,13H2,1H3. The van der Waals surface area contributed by atoms with Crippen molar-refractivity contribution < 1.29 is 4.79 Å². The molecule has 1 aromatic heterocycles. The Labute approximate surface area is 120 Å². The molecule has 1 aliphatic rings. The first-order chi connectivity index (χ1) is 9.29. The topological polar surface area (TPSA) is 23.6 Å². The SMILES string of the molecule is CCCCCC(=O)N1CCN(Cc2cccs2)CC1. The van der Waals surface area contributed by atoms with Crippen LogP contribution in [0, 0.1) is 0 Å². The summed E-state index contributed by atoms with van der Waals surface area (Å²) in [5.41, 5.74) is 0. The van der Waals surface area contributed by atoms with E-state index in [1.165, 1.54) is 17.7 Å². The molecule has 2 rings (SSSR count). The lowest BCUT2D eigenvalue weighted by Crippen LogP contribution is -2.48. The Bertz CT molecular complexity index is 370. The molecule has 0 unspecified atom stereocenters. The van der Waals surface area contributed by atoms with Gasteiger partial charge in [-0.05, 0) is 17.9 Å². The monoisotopic (exact) mass is 280 g/mol. The first kappa shape index (κ1) is 14.5. The van der Waals surface area contributed by atoms with E-state index in [1.807, 2.05) is 16.2 Å². The molecule has 19 heavy (non-hydrogen) atoms. The molecule has 1 amide bonds. The Balaban J connectivity index is 1.68. The van der Waals surface area contributed by atoms with E-state index in [1.54, 1.807) is 0 Å². The van der Waals surface area contributed by atoms with E-state index in [4.69, 9.17) is 0 Å². The van der Waals surface area contributed by atoms with Gasteiger partial charge in [0.1, 0.15) is 0 Å². The van der Waals surface area contributed by atoms with Crippen molar-refractivity contribution >= 4 is 17.2 Å². The van der Waals surface area contributed by atoms with E-state index in [9.17, 15) is 4.79 Å². The van der Waals surface area contributed by atoms with E-state index in [0.717, 1.165) is 45.6 Å². The van der Waals surface area contributed by atoms with Crippen LogP contribution in [0.3, 0.4) is 0 Å². The second-order valence-electron chi connectivity index (χ2n) is 5.19. The van der Waals surface area contributed by atoms with Gasteiger partial charge in [-0.3, -0.25) is 9.69 Å². The molecule has 1 aliphatic heterocycles. The van der Waals surface area contributed by atoms with Crippen LogP contribution in [-0.2, 0) is 11.3 Å². The van der Waals surface area contributed by atoms with Gasteiger partial charge in [-0.1, -0.05) is 25.8 Å². The maximum atomic E-state index is 12.0. The van der Waals surface area contributed by atoms with Crippen LogP contribution in [0.4, 0.5) is 0 Å². The molecule has 0 radical (unpaired) electrons. The highest BCUT2D eigenvalue weighted by Gasteiger charge is 2.20. The number of rotatable bonds is 6. The van der Waals surface area contributed by atoms with Gasteiger partial charge in [-0.15, -0.1) is 11.3 Å². The number of thiophene rings is 1. The maximum Gasteiger partial charge on any atom is 0.222 e. The van der Waals surface area contributed by atoms with Gasteiger partial charge < -0.3 is 4.90 Å². The molecule has 4 heteroatoms. The fraction of sp³-hybridized carbons (Fsp3) is 0.667. The van der Waals surface area contributed by atoms with E-state index in [2.05, 4.69) is 29.3 Å². The first-order valence-corrected chi connectivity index (χ1v) is 8.20. The van der Waals surface area contributed by atoms with Crippen LogP contribution in [0.1, 0.15) is 37.5 Å². The Kier molecular flexibility index (Phi) is 5.86. The Morgan fingerprint density at radius 1 is 1.26 bits per heavy atom. The second-order valence-corrected chi connectivity index (χ2v) is 6.23. The van der Waals surface area contributed by atoms with Crippen molar-refractivity contribution in [2.24, 2.45) is 0 Å². The number of carbonyl (C=O) groups excluding carboxylic acids is 1. The third-order valence-electron chi connectivity index (χ3n) is 3.68. The summed E-state index contributed by atoms with van der Waals surface area (Å²) < 4.78 is 0. The zero-order chi connectivity index (χ0) is 13.5. The number of unbranched alkanes of at least 4 members (excludes halogenated alkanes) is 2. The van der Waals surface area contributed by atoms with E-state index in [0.29, 0.717) is 5.91 Å². The largest absolute Gasteiger partial charge is 0.340 e. The molecule has 1 fully saturated rings. The summed E-state index contributed by atoms with van der Waals surface area (Å²) in [5.74, 6) is 0.351. The summed E-state index contributed by atoms with van der Waals surface area (Å²) in [4.78, 5) is 17.9. The number of amides is 1. The van der Waals surface area contributed by atoms with Crippen molar-refractivity contribution in [3.8, 4) is 0 Å². The Morgan fingerprint density at radius 2 is 2.05 bits per heavy atom. The molecule has 0 N–H and O–H groups in total. The number of nitrogens with zero attached hydrogens (tertiary/aromatic N) is 2. The van der Waals surface area contributed by atoms with Gasteiger partial charge >= 0.3 is 0 Å². The number of hydrogen-bond donors (Lipinski definition) is 0. The molecule has 2 heterocycles. The minimum absolute atomic E-state index is 0.351. The maximum absolute atomic E-state index is 12.0. The molecule has 0 atom stereocenters. The molecule has 0 aliphatic carbocycles. The molecule has 3 nitrogen and oxygen atoms in total. The van der Waals surface area contributed by atoms with Crippen molar-refractivity contribution in [1.82, 2.24) is 9.80 Å². The summed E-state index contributed by atoms with van der Waals surface area (Å²) in [5, 5.41) is 2.13. The van der Waals surface area contributed by atoms with Gasteiger partial charge in [-0.2, -0.15) is 0 Å².